The second-order valence-corrected chi connectivity index (χ2v) is 7.79. The number of nitriles is 1. The number of aryl methyl sites for hydroxylation is 1. The Morgan fingerprint density at radius 2 is 1.75 bits per heavy atom. The number of nitrogens with zero attached hydrogens (tertiary/aromatic N) is 1. The maximum atomic E-state index is 9.68. The third kappa shape index (κ3) is 5.61. The van der Waals surface area contributed by atoms with Crippen molar-refractivity contribution in [2.45, 2.75) is 64.2 Å². The number of nitrogens with one attached hydrogen (secondary N) is 2. The number of rotatable bonds is 3. The van der Waals surface area contributed by atoms with E-state index in [1.165, 1.54) is 61.8 Å². The SMILES string of the molecule is C=CCNC(=S)Nc1sc2c(c1C#N)CCCCCCCCCC2. The van der Waals surface area contributed by atoms with Crippen molar-refractivity contribution in [3.8, 4) is 6.07 Å². The van der Waals surface area contributed by atoms with E-state index in [1.54, 1.807) is 17.4 Å². The highest BCUT2D eigenvalue weighted by atomic mass is 32.1. The highest BCUT2D eigenvalue weighted by molar-refractivity contribution is 7.80. The molecule has 0 spiro atoms. The fourth-order valence-corrected chi connectivity index (χ4v) is 4.64. The minimum atomic E-state index is 0.559. The predicted molar refractivity (Wildman–Crippen MR) is 108 cm³/mol. The van der Waals surface area contributed by atoms with Crippen LogP contribution in [0.4, 0.5) is 5.00 Å². The summed E-state index contributed by atoms with van der Waals surface area (Å²) < 4.78 is 0. The standard InChI is InChI=1S/C19H27N3S2/c1-2-13-21-19(23)22-18-16(14-20)15-11-9-7-5-3-4-6-8-10-12-17(15)24-18/h2H,1,3-13H2,(H2,21,22,23). The minimum absolute atomic E-state index is 0.559. The molecular formula is C19H27N3S2. The molecular weight excluding hydrogens is 334 g/mol. The Morgan fingerprint density at radius 3 is 2.38 bits per heavy atom. The quantitative estimate of drug-likeness (QED) is 0.566. The topological polar surface area (TPSA) is 47.8 Å². The zero-order valence-electron chi connectivity index (χ0n) is 14.3. The van der Waals surface area contributed by atoms with Crippen molar-refractivity contribution in [2.24, 2.45) is 0 Å². The lowest BCUT2D eigenvalue weighted by atomic mass is 9.98. The van der Waals surface area contributed by atoms with E-state index in [1.807, 2.05) is 0 Å². The third-order valence-electron chi connectivity index (χ3n) is 4.42. The summed E-state index contributed by atoms with van der Waals surface area (Å²) in [4.78, 5) is 1.38. The molecule has 1 aromatic rings. The predicted octanol–water partition coefficient (Wildman–Crippen LogP) is 5.31. The lowest BCUT2D eigenvalue weighted by molar-refractivity contribution is 0.561. The van der Waals surface area contributed by atoms with Crippen LogP contribution in [0.25, 0.3) is 0 Å². The van der Waals surface area contributed by atoms with Crippen LogP contribution in [0.2, 0.25) is 0 Å². The van der Waals surface area contributed by atoms with Crippen molar-refractivity contribution in [3.63, 3.8) is 0 Å². The van der Waals surface area contributed by atoms with Crippen molar-refractivity contribution in [3.05, 3.63) is 28.7 Å². The van der Waals surface area contributed by atoms with Gasteiger partial charge in [-0.05, 0) is 43.5 Å². The monoisotopic (exact) mass is 361 g/mol. The largest absolute Gasteiger partial charge is 0.359 e. The van der Waals surface area contributed by atoms with Crippen LogP contribution in [0, 0.1) is 11.3 Å². The molecule has 0 amide bonds. The van der Waals surface area contributed by atoms with E-state index >= 15 is 0 Å². The van der Waals surface area contributed by atoms with E-state index in [9.17, 15) is 5.26 Å². The lowest BCUT2D eigenvalue weighted by Gasteiger charge is -2.08. The van der Waals surface area contributed by atoms with Crippen molar-refractivity contribution in [1.29, 1.82) is 5.26 Å². The highest BCUT2D eigenvalue weighted by Gasteiger charge is 2.18. The second kappa shape index (κ2) is 10.5. The molecule has 3 nitrogen and oxygen atoms in total. The molecule has 0 aliphatic heterocycles. The van der Waals surface area contributed by atoms with Gasteiger partial charge in [0.25, 0.3) is 0 Å². The maximum absolute atomic E-state index is 9.68. The molecule has 130 valence electrons. The Hall–Kier alpha value is -1.38. The summed E-state index contributed by atoms with van der Waals surface area (Å²) in [7, 11) is 0. The molecule has 1 aliphatic rings. The van der Waals surface area contributed by atoms with Gasteiger partial charge >= 0.3 is 0 Å². The van der Waals surface area contributed by atoms with E-state index in [-0.39, 0.29) is 0 Å². The van der Waals surface area contributed by atoms with Crippen LogP contribution in [-0.2, 0) is 12.8 Å². The molecule has 0 radical (unpaired) electrons. The van der Waals surface area contributed by atoms with Gasteiger partial charge < -0.3 is 10.6 Å². The molecule has 24 heavy (non-hydrogen) atoms. The zero-order chi connectivity index (χ0) is 17.2. The number of hydrogen-bond acceptors (Lipinski definition) is 3. The van der Waals surface area contributed by atoms with Gasteiger partial charge in [-0.2, -0.15) is 5.26 Å². The molecule has 0 aromatic carbocycles. The van der Waals surface area contributed by atoms with Crippen molar-refractivity contribution in [2.75, 3.05) is 11.9 Å². The van der Waals surface area contributed by atoms with Gasteiger partial charge in [-0.1, -0.05) is 44.6 Å². The first-order valence-corrected chi connectivity index (χ1v) is 10.2. The van der Waals surface area contributed by atoms with Gasteiger partial charge in [0.1, 0.15) is 11.1 Å². The Bertz CT molecular complexity index is 598. The summed E-state index contributed by atoms with van der Waals surface area (Å²) in [6.45, 7) is 4.30. The molecule has 1 aliphatic carbocycles. The van der Waals surface area contributed by atoms with Gasteiger partial charge in [0.2, 0.25) is 0 Å². The first-order valence-electron chi connectivity index (χ1n) is 8.96. The molecule has 1 heterocycles. The minimum Gasteiger partial charge on any atom is -0.359 e. The molecule has 0 saturated carbocycles. The van der Waals surface area contributed by atoms with Crippen LogP contribution in [-0.4, -0.2) is 11.7 Å². The average Bonchev–Trinajstić information content (AvgIpc) is 2.89. The van der Waals surface area contributed by atoms with E-state index in [0.717, 1.165) is 23.4 Å². The summed E-state index contributed by atoms with van der Waals surface area (Å²) in [6.07, 6.45) is 14.2. The van der Waals surface area contributed by atoms with Crippen molar-refractivity contribution in [1.82, 2.24) is 5.32 Å². The fraction of sp³-hybridized carbons (Fsp3) is 0.579. The van der Waals surface area contributed by atoms with E-state index in [2.05, 4.69) is 23.3 Å². The van der Waals surface area contributed by atoms with Crippen LogP contribution in [0.15, 0.2) is 12.7 Å². The third-order valence-corrected chi connectivity index (χ3v) is 5.87. The smallest absolute Gasteiger partial charge is 0.171 e. The normalized spacial score (nSPS) is 16.0. The first kappa shape index (κ1) is 19.0. The van der Waals surface area contributed by atoms with Gasteiger partial charge in [0.05, 0.1) is 5.56 Å². The van der Waals surface area contributed by atoms with Gasteiger partial charge in [0.15, 0.2) is 5.11 Å². The van der Waals surface area contributed by atoms with Crippen LogP contribution in [0.5, 0.6) is 0 Å². The Balaban J connectivity index is 2.17. The number of thiocarbonyl (C=S) groups is 1. The zero-order valence-corrected chi connectivity index (χ0v) is 16.0. The van der Waals surface area contributed by atoms with Crippen LogP contribution in [0.3, 0.4) is 0 Å². The molecule has 5 heteroatoms. The number of thiophene rings is 1. The fourth-order valence-electron chi connectivity index (χ4n) is 3.15. The summed E-state index contributed by atoms with van der Waals surface area (Å²) in [5.74, 6) is 0. The number of anilines is 1. The Kier molecular flexibility index (Phi) is 8.27. The van der Waals surface area contributed by atoms with E-state index in [4.69, 9.17) is 12.2 Å². The molecule has 1 aromatic heterocycles. The van der Waals surface area contributed by atoms with Crippen molar-refractivity contribution >= 4 is 33.7 Å². The highest BCUT2D eigenvalue weighted by Crippen LogP contribution is 2.35. The van der Waals surface area contributed by atoms with Gasteiger partial charge in [-0.3, -0.25) is 0 Å². The molecule has 0 bridgehead atoms. The summed E-state index contributed by atoms with van der Waals surface area (Å²) in [5.41, 5.74) is 2.06. The lowest BCUT2D eigenvalue weighted by Crippen LogP contribution is -2.28. The molecule has 2 rings (SSSR count). The van der Waals surface area contributed by atoms with E-state index < -0.39 is 0 Å². The van der Waals surface area contributed by atoms with Crippen LogP contribution < -0.4 is 10.6 Å². The summed E-state index contributed by atoms with van der Waals surface area (Å²) in [6, 6.07) is 2.42. The first-order chi connectivity index (χ1) is 11.8. The summed E-state index contributed by atoms with van der Waals surface area (Å²) in [5, 5.41) is 17.4. The Morgan fingerprint density at radius 1 is 1.12 bits per heavy atom. The van der Waals surface area contributed by atoms with Gasteiger partial charge in [-0.25, -0.2) is 0 Å². The Labute approximate surface area is 155 Å². The molecule has 2 N–H and O–H groups in total. The van der Waals surface area contributed by atoms with E-state index in [0.29, 0.717) is 11.7 Å². The second-order valence-electron chi connectivity index (χ2n) is 6.27. The van der Waals surface area contributed by atoms with Crippen LogP contribution >= 0.6 is 23.6 Å². The molecule has 0 atom stereocenters. The van der Waals surface area contributed by atoms with Gasteiger partial charge in [-0.15, -0.1) is 17.9 Å². The molecule has 0 saturated heterocycles. The summed E-state index contributed by atoms with van der Waals surface area (Å²) >= 11 is 7.02. The number of fused-ring (bicyclic) bond motifs is 1. The van der Waals surface area contributed by atoms with Crippen molar-refractivity contribution < 1.29 is 0 Å². The van der Waals surface area contributed by atoms with Crippen LogP contribution in [0.1, 0.15) is 67.4 Å². The van der Waals surface area contributed by atoms with Gasteiger partial charge in [0, 0.05) is 11.4 Å². The average molecular weight is 362 g/mol. The molecule has 0 unspecified atom stereocenters. The molecule has 0 fully saturated rings. The number of hydrogen-bond donors (Lipinski definition) is 2. The maximum Gasteiger partial charge on any atom is 0.171 e.